The molecule has 0 N–H and O–H groups in total. The molecule has 0 saturated heterocycles. The average Bonchev–Trinajstić information content (AvgIpc) is 2.17. The fourth-order valence-electron chi connectivity index (χ4n) is 3.48. The highest BCUT2D eigenvalue weighted by atomic mass is 16.1. The summed E-state index contributed by atoms with van der Waals surface area (Å²) in [4.78, 5) is 11.7. The van der Waals surface area contributed by atoms with Gasteiger partial charge in [0.15, 0.2) is 5.78 Å². The zero-order valence-corrected chi connectivity index (χ0v) is 10.4. The van der Waals surface area contributed by atoms with Crippen molar-refractivity contribution in [2.75, 3.05) is 0 Å². The molecular formula is C14H22O. The van der Waals surface area contributed by atoms with Crippen LogP contribution in [0.1, 0.15) is 53.4 Å². The van der Waals surface area contributed by atoms with Crippen molar-refractivity contribution in [2.45, 2.75) is 53.4 Å². The van der Waals surface area contributed by atoms with Crippen LogP contribution in [0.25, 0.3) is 0 Å². The summed E-state index contributed by atoms with van der Waals surface area (Å²) in [5, 5.41) is 0. The molecule has 0 radical (unpaired) electrons. The molecule has 0 aliphatic heterocycles. The van der Waals surface area contributed by atoms with Crippen molar-refractivity contribution >= 4 is 5.78 Å². The van der Waals surface area contributed by atoms with E-state index in [1.165, 1.54) is 18.4 Å². The van der Waals surface area contributed by atoms with Crippen LogP contribution in [-0.2, 0) is 4.79 Å². The van der Waals surface area contributed by atoms with Crippen LogP contribution in [-0.4, -0.2) is 5.78 Å². The van der Waals surface area contributed by atoms with Gasteiger partial charge in [-0.2, -0.15) is 0 Å². The van der Waals surface area contributed by atoms with E-state index in [2.05, 4.69) is 20.8 Å². The van der Waals surface area contributed by atoms with Gasteiger partial charge < -0.3 is 0 Å². The number of fused-ring (bicyclic) bond motifs is 1. The summed E-state index contributed by atoms with van der Waals surface area (Å²) in [5.41, 5.74) is 2.98. The predicted octanol–water partition coefficient (Wildman–Crippen LogP) is 3.74. The minimum Gasteiger partial charge on any atom is -0.295 e. The Bertz CT molecular complexity index is 322. The van der Waals surface area contributed by atoms with E-state index in [0.29, 0.717) is 23.0 Å². The third kappa shape index (κ3) is 1.66. The van der Waals surface area contributed by atoms with E-state index in [4.69, 9.17) is 0 Å². The van der Waals surface area contributed by atoms with E-state index in [0.717, 1.165) is 18.4 Å². The smallest absolute Gasteiger partial charge is 0.158 e. The highest BCUT2D eigenvalue weighted by molar-refractivity contribution is 5.96. The molecule has 2 atom stereocenters. The molecule has 0 unspecified atom stereocenters. The van der Waals surface area contributed by atoms with Gasteiger partial charge in [0.05, 0.1) is 0 Å². The molecule has 2 aliphatic rings. The monoisotopic (exact) mass is 206 g/mol. The Morgan fingerprint density at radius 2 is 1.93 bits per heavy atom. The third-order valence-corrected chi connectivity index (χ3v) is 4.58. The summed E-state index contributed by atoms with van der Waals surface area (Å²) < 4.78 is 0. The van der Waals surface area contributed by atoms with Crippen molar-refractivity contribution in [3.63, 3.8) is 0 Å². The first-order chi connectivity index (χ1) is 6.93. The van der Waals surface area contributed by atoms with E-state index in [9.17, 15) is 4.79 Å². The second-order valence-corrected chi connectivity index (χ2v) is 6.02. The van der Waals surface area contributed by atoms with Gasteiger partial charge in [0.25, 0.3) is 0 Å². The molecule has 1 saturated carbocycles. The molecule has 0 bridgehead atoms. The topological polar surface area (TPSA) is 17.1 Å². The van der Waals surface area contributed by atoms with Crippen molar-refractivity contribution in [3.8, 4) is 0 Å². The molecular weight excluding hydrogens is 184 g/mol. The average molecular weight is 206 g/mol. The summed E-state index contributed by atoms with van der Waals surface area (Å²) in [5.74, 6) is 1.69. The van der Waals surface area contributed by atoms with Crippen LogP contribution >= 0.6 is 0 Å². The lowest BCUT2D eigenvalue weighted by molar-refractivity contribution is -0.116. The molecule has 1 fully saturated rings. The lowest BCUT2D eigenvalue weighted by Gasteiger charge is -2.46. The minimum atomic E-state index is 0.394. The van der Waals surface area contributed by atoms with Crippen LogP contribution in [0.3, 0.4) is 0 Å². The standard InChI is InChI=1S/C14H22O/c1-9-7-8-14(3,4)11-5-6-12(15)10(2)13(9)11/h9,11H,5-8H2,1-4H3/t9-,11+/m1/s1. The number of Topliss-reactive ketones (excluding diaryl/α,β-unsaturated/α-hetero) is 1. The molecule has 1 nitrogen and oxygen atoms in total. The van der Waals surface area contributed by atoms with Gasteiger partial charge in [0.2, 0.25) is 0 Å². The normalized spacial score (nSPS) is 35.3. The maximum absolute atomic E-state index is 11.7. The molecule has 0 spiro atoms. The summed E-state index contributed by atoms with van der Waals surface area (Å²) in [6.45, 7) is 9.07. The van der Waals surface area contributed by atoms with Crippen LogP contribution in [0, 0.1) is 17.3 Å². The fraction of sp³-hybridized carbons (Fsp3) is 0.786. The van der Waals surface area contributed by atoms with Gasteiger partial charge in [0, 0.05) is 6.42 Å². The van der Waals surface area contributed by atoms with Crippen molar-refractivity contribution in [1.29, 1.82) is 0 Å². The van der Waals surface area contributed by atoms with E-state index in [1.54, 1.807) is 0 Å². The van der Waals surface area contributed by atoms with Crippen LogP contribution in [0.4, 0.5) is 0 Å². The second-order valence-electron chi connectivity index (χ2n) is 6.02. The molecule has 0 heterocycles. The lowest BCUT2D eigenvalue weighted by atomic mass is 9.58. The Labute approximate surface area is 92.9 Å². The summed E-state index contributed by atoms with van der Waals surface area (Å²) in [6, 6.07) is 0. The number of ketones is 1. The summed E-state index contributed by atoms with van der Waals surface area (Å²) >= 11 is 0. The van der Waals surface area contributed by atoms with E-state index >= 15 is 0 Å². The molecule has 0 aromatic rings. The first kappa shape index (κ1) is 10.9. The zero-order valence-electron chi connectivity index (χ0n) is 10.4. The van der Waals surface area contributed by atoms with Crippen molar-refractivity contribution in [1.82, 2.24) is 0 Å². The molecule has 15 heavy (non-hydrogen) atoms. The van der Waals surface area contributed by atoms with Crippen LogP contribution in [0.2, 0.25) is 0 Å². The van der Waals surface area contributed by atoms with Gasteiger partial charge in [-0.05, 0) is 49.0 Å². The minimum absolute atomic E-state index is 0.394. The Morgan fingerprint density at radius 1 is 1.27 bits per heavy atom. The highest BCUT2D eigenvalue weighted by Gasteiger charge is 2.41. The molecule has 84 valence electrons. The van der Waals surface area contributed by atoms with Crippen LogP contribution in [0.5, 0.6) is 0 Å². The van der Waals surface area contributed by atoms with Gasteiger partial charge >= 0.3 is 0 Å². The summed E-state index contributed by atoms with van der Waals surface area (Å²) in [7, 11) is 0. The number of carbonyl (C=O) groups excluding carboxylic acids is 1. The molecule has 0 aromatic carbocycles. The SMILES string of the molecule is CC1=C2[C@H](C)CCC(C)(C)[C@H]2CCC1=O. The van der Waals surface area contributed by atoms with E-state index < -0.39 is 0 Å². The zero-order chi connectivity index (χ0) is 11.2. The maximum Gasteiger partial charge on any atom is 0.158 e. The number of hydrogen-bond acceptors (Lipinski definition) is 1. The lowest BCUT2D eigenvalue weighted by Crippen LogP contribution is -2.37. The molecule has 2 aliphatic carbocycles. The fourth-order valence-corrected chi connectivity index (χ4v) is 3.48. The molecule has 0 aromatic heterocycles. The Kier molecular flexibility index (Phi) is 2.52. The van der Waals surface area contributed by atoms with Crippen molar-refractivity contribution < 1.29 is 4.79 Å². The van der Waals surface area contributed by atoms with Gasteiger partial charge in [0.1, 0.15) is 0 Å². The van der Waals surface area contributed by atoms with Gasteiger partial charge in [-0.15, -0.1) is 0 Å². The second kappa shape index (κ2) is 3.47. The number of allylic oxidation sites excluding steroid dienone is 2. The molecule has 2 rings (SSSR count). The van der Waals surface area contributed by atoms with Gasteiger partial charge in [-0.3, -0.25) is 4.79 Å². The van der Waals surface area contributed by atoms with Crippen molar-refractivity contribution in [3.05, 3.63) is 11.1 Å². The number of rotatable bonds is 0. The Hall–Kier alpha value is -0.590. The third-order valence-electron chi connectivity index (χ3n) is 4.58. The quantitative estimate of drug-likeness (QED) is 0.590. The number of hydrogen-bond donors (Lipinski definition) is 0. The van der Waals surface area contributed by atoms with Crippen LogP contribution in [0.15, 0.2) is 11.1 Å². The predicted molar refractivity (Wildman–Crippen MR) is 62.6 cm³/mol. The largest absolute Gasteiger partial charge is 0.295 e. The first-order valence-electron chi connectivity index (χ1n) is 6.17. The van der Waals surface area contributed by atoms with E-state index in [-0.39, 0.29) is 0 Å². The van der Waals surface area contributed by atoms with Crippen molar-refractivity contribution in [2.24, 2.45) is 17.3 Å². The van der Waals surface area contributed by atoms with E-state index in [1.807, 2.05) is 6.92 Å². The number of carbonyl (C=O) groups is 1. The molecule has 1 heteroatoms. The summed E-state index contributed by atoms with van der Waals surface area (Å²) in [6.07, 6.45) is 4.42. The highest BCUT2D eigenvalue weighted by Crippen LogP contribution is 2.51. The van der Waals surface area contributed by atoms with Gasteiger partial charge in [-0.1, -0.05) is 26.3 Å². The first-order valence-corrected chi connectivity index (χ1v) is 6.17. The Morgan fingerprint density at radius 3 is 2.60 bits per heavy atom. The molecule has 0 amide bonds. The van der Waals surface area contributed by atoms with Gasteiger partial charge in [-0.25, -0.2) is 0 Å². The maximum atomic E-state index is 11.7. The Balaban J connectivity index is 2.45. The van der Waals surface area contributed by atoms with Crippen LogP contribution < -0.4 is 0 Å².